The second-order valence-electron chi connectivity index (χ2n) is 1.55. The summed E-state index contributed by atoms with van der Waals surface area (Å²) in [5, 5.41) is 10.2. The van der Waals surface area contributed by atoms with E-state index in [0.717, 1.165) is 0 Å². The van der Waals surface area contributed by atoms with Crippen LogP contribution in [0.3, 0.4) is 0 Å². The molecule has 0 bridgehead atoms. The van der Waals surface area contributed by atoms with Gasteiger partial charge in [-0.25, -0.2) is 5.11 Å². The second kappa shape index (κ2) is 3.70. The molecule has 1 heteroatoms. The molecule has 0 amide bonds. The zero-order valence-electron chi connectivity index (χ0n) is 4.48. The highest BCUT2D eigenvalue weighted by Gasteiger charge is 1.91. The van der Waals surface area contributed by atoms with Gasteiger partial charge in [0.15, 0.2) is 0 Å². The molecule has 0 aliphatic rings. The fourth-order valence-corrected chi connectivity index (χ4v) is 0.287. The van der Waals surface area contributed by atoms with Gasteiger partial charge in [0, 0.05) is 6.42 Å². The van der Waals surface area contributed by atoms with Crippen LogP contribution in [0.4, 0.5) is 0 Å². The van der Waals surface area contributed by atoms with Crippen molar-refractivity contribution in [2.45, 2.75) is 25.9 Å². The highest BCUT2D eigenvalue weighted by Crippen LogP contribution is 1.92. The number of terminal acetylenes is 1. The molecule has 1 atom stereocenters. The average Bonchev–Trinajstić information content (AvgIpc) is 1.61. The van der Waals surface area contributed by atoms with Crippen molar-refractivity contribution in [1.29, 1.82) is 0 Å². The molecule has 1 unspecified atom stereocenters. The van der Waals surface area contributed by atoms with Crippen LogP contribution in [0.5, 0.6) is 0 Å². The lowest BCUT2D eigenvalue weighted by molar-refractivity contribution is 0.0991. The van der Waals surface area contributed by atoms with Gasteiger partial charge in [-0.2, -0.15) is 0 Å². The van der Waals surface area contributed by atoms with Gasteiger partial charge in [0.1, 0.15) is 0 Å². The highest BCUT2D eigenvalue weighted by atomic mass is 16.3. The zero-order chi connectivity index (χ0) is 5.70. The number of hydrogen-bond donors (Lipinski definition) is 0. The first-order valence-electron chi connectivity index (χ1n) is 2.36. The molecule has 0 saturated carbocycles. The number of hydrogen-bond acceptors (Lipinski definition) is 0. The Hall–Kier alpha value is -0.480. The van der Waals surface area contributed by atoms with E-state index in [1.807, 2.05) is 0 Å². The van der Waals surface area contributed by atoms with Crippen LogP contribution in [0.25, 0.3) is 0 Å². The predicted molar refractivity (Wildman–Crippen MR) is 28.2 cm³/mol. The lowest BCUT2D eigenvalue weighted by atomic mass is 10.2. The predicted octanol–water partition coefficient (Wildman–Crippen LogP) is 1.22. The first-order valence-corrected chi connectivity index (χ1v) is 2.36. The monoisotopic (exact) mass is 97.1 g/mol. The molecule has 0 spiro atoms. The Morgan fingerprint density at radius 3 is 2.57 bits per heavy atom. The molecular formula is C6H9O. The van der Waals surface area contributed by atoms with Crippen LogP contribution < -0.4 is 0 Å². The maximum absolute atomic E-state index is 10.2. The average molecular weight is 97.1 g/mol. The summed E-state index contributed by atoms with van der Waals surface area (Å²) in [7, 11) is 0. The van der Waals surface area contributed by atoms with E-state index < -0.39 is 6.10 Å². The molecule has 7 heavy (non-hydrogen) atoms. The first kappa shape index (κ1) is 6.52. The van der Waals surface area contributed by atoms with E-state index in [-0.39, 0.29) is 0 Å². The van der Waals surface area contributed by atoms with Crippen molar-refractivity contribution >= 4 is 0 Å². The minimum atomic E-state index is -0.490. The minimum Gasteiger partial charge on any atom is -0.233 e. The molecule has 0 rings (SSSR count). The van der Waals surface area contributed by atoms with Crippen LogP contribution in [0.2, 0.25) is 0 Å². The third kappa shape index (κ3) is 5.52. The summed E-state index contributed by atoms with van der Waals surface area (Å²) in [5.41, 5.74) is 0. The molecule has 0 heterocycles. The van der Waals surface area contributed by atoms with Crippen molar-refractivity contribution < 1.29 is 5.11 Å². The van der Waals surface area contributed by atoms with E-state index in [2.05, 4.69) is 5.92 Å². The van der Waals surface area contributed by atoms with Crippen LogP contribution in [0, 0.1) is 12.3 Å². The summed E-state index contributed by atoms with van der Waals surface area (Å²) in [6.07, 6.45) is 5.62. The summed E-state index contributed by atoms with van der Waals surface area (Å²) in [6.45, 7) is 1.62. The van der Waals surface area contributed by atoms with Gasteiger partial charge >= 0.3 is 0 Å². The Bertz CT molecular complexity index is 68.7. The van der Waals surface area contributed by atoms with Crippen molar-refractivity contribution in [3.05, 3.63) is 0 Å². The molecule has 0 saturated heterocycles. The summed E-state index contributed by atoms with van der Waals surface area (Å²) in [5.74, 6) is 2.40. The molecule has 0 aliphatic heterocycles. The van der Waals surface area contributed by atoms with Gasteiger partial charge in [0.05, 0.1) is 6.10 Å². The third-order valence-electron chi connectivity index (χ3n) is 0.695. The Morgan fingerprint density at radius 2 is 2.43 bits per heavy atom. The van der Waals surface area contributed by atoms with E-state index in [1.54, 1.807) is 6.92 Å². The largest absolute Gasteiger partial charge is 0.233 e. The Labute approximate surface area is 44.4 Å². The smallest absolute Gasteiger partial charge is 0.0911 e. The Morgan fingerprint density at radius 1 is 1.86 bits per heavy atom. The summed E-state index contributed by atoms with van der Waals surface area (Å²) in [4.78, 5) is 0. The molecule has 39 valence electrons. The van der Waals surface area contributed by atoms with Crippen molar-refractivity contribution in [1.82, 2.24) is 0 Å². The van der Waals surface area contributed by atoms with Crippen LogP contribution in [-0.2, 0) is 5.11 Å². The van der Waals surface area contributed by atoms with Gasteiger partial charge in [-0.1, -0.05) is 0 Å². The molecule has 0 aromatic heterocycles. The quantitative estimate of drug-likeness (QED) is 0.462. The molecular weight excluding hydrogens is 88.1 g/mol. The van der Waals surface area contributed by atoms with Crippen LogP contribution in [-0.4, -0.2) is 6.10 Å². The maximum Gasteiger partial charge on any atom is 0.0911 e. The van der Waals surface area contributed by atoms with Crippen molar-refractivity contribution in [3.63, 3.8) is 0 Å². The Kier molecular flexibility index (Phi) is 3.45. The minimum absolute atomic E-state index is 0.490. The highest BCUT2D eigenvalue weighted by molar-refractivity contribution is 4.83. The van der Waals surface area contributed by atoms with Gasteiger partial charge in [0.25, 0.3) is 0 Å². The molecule has 0 aliphatic carbocycles. The van der Waals surface area contributed by atoms with Gasteiger partial charge in [-0.15, -0.1) is 12.3 Å². The topological polar surface area (TPSA) is 19.9 Å². The van der Waals surface area contributed by atoms with Gasteiger partial charge < -0.3 is 0 Å². The SMILES string of the molecule is C#CCCC(C)[O]. The first-order chi connectivity index (χ1) is 3.27. The normalized spacial score (nSPS) is 12.7. The number of rotatable bonds is 2. The van der Waals surface area contributed by atoms with Crippen molar-refractivity contribution in [2.24, 2.45) is 0 Å². The summed E-state index contributed by atoms with van der Waals surface area (Å²) >= 11 is 0. The third-order valence-corrected chi connectivity index (χ3v) is 0.695. The molecule has 1 radical (unpaired) electrons. The molecule has 1 nitrogen and oxygen atoms in total. The maximum atomic E-state index is 10.2. The van der Waals surface area contributed by atoms with E-state index >= 15 is 0 Å². The second-order valence-corrected chi connectivity index (χ2v) is 1.55. The lowest BCUT2D eigenvalue weighted by Gasteiger charge is -1.91. The van der Waals surface area contributed by atoms with E-state index in [9.17, 15) is 5.11 Å². The standard InChI is InChI=1S/C6H9O/c1-3-4-5-6(2)7/h1,6H,4-5H2,2H3. The van der Waals surface area contributed by atoms with Crippen LogP contribution >= 0.6 is 0 Å². The van der Waals surface area contributed by atoms with Crippen molar-refractivity contribution in [2.75, 3.05) is 0 Å². The van der Waals surface area contributed by atoms with E-state index in [0.29, 0.717) is 12.8 Å². The lowest BCUT2D eigenvalue weighted by Crippen LogP contribution is -1.94. The van der Waals surface area contributed by atoms with Gasteiger partial charge in [0.2, 0.25) is 0 Å². The fraction of sp³-hybridized carbons (Fsp3) is 0.667. The van der Waals surface area contributed by atoms with Crippen LogP contribution in [0.15, 0.2) is 0 Å². The molecule has 0 fully saturated rings. The summed E-state index contributed by atoms with van der Waals surface area (Å²) < 4.78 is 0. The van der Waals surface area contributed by atoms with Crippen LogP contribution in [0.1, 0.15) is 19.8 Å². The van der Waals surface area contributed by atoms with Gasteiger partial charge in [-0.3, -0.25) is 0 Å². The summed E-state index contributed by atoms with van der Waals surface area (Å²) in [6, 6.07) is 0. The van der Waals surface area contributed by atoms with E-state index in [4.69, 9.17) is 6.42 Å². The molecule has 0 N–H and O–H groups in total. The molecule has 0 aromatic carbocycles. The van der Waals surface area contributed by atoms with Gasteiger partial charge in [-0.05, 0) is 13.3 Å². The fourth-order valence-electron chi connectivity index (χ4n) is 0.287. The Balaban J connectivity index is 2.86. The van der Waals surface area contributed by atoms with E-state index in [1.165, 1.54) is 0 Å². The zero-order valence-corrected chi connectivity index (χ0v) is 4.48. The molecule has 0 aromatic rings. The van der Waals surface area contributed by atoms with Crippen molar-refractivity contribution in [3.8, 4) is 12.3 Å².